The number of hydrogen-bond donors (Lipinski definition) is 2. The molecule has 0 unspecified atom stereocenters. The van der Waals surface area contributed by atoms with Crippen LogP contribution in [0.25, 0.3) is 0 Å². The Balaban J connectivity index is 1.67. The highest BCUT2D eigenvalue weighted by Crippen LogP contribution is 2.14. The van der Waals surface area contributed by atoms with Crippen LogP contribution in [0.3, 0.4) is 0 Å². The maximum absolute atomic E-state index is 12.4. The molecule has 26 heavy (non-hydrogen) atoms. The molecule has 1 amide bonds. The lowest BCUT2D eigenvalue weighted by atomic mass is 10.1. The third-order valence-corrected chi connectivity index (χ3v) is 3.86. The van der Waals surface area contributed by atoms with Gasteiger partial charge in [0.05, 0.1) is 11.6 Å². The molecule has 0 fully saturated rings. The van der Waals surface area contributed by atoms with Gasteiger partial charge in [0.1, 0.15) is 5.69 Å². The summed E-state index contributed by atoms with van der Waals surface area (Å²) < 4.78 is 0. The zero-order valence-electron chi connectivity index (χ0n) is 14.4. The average molecular weight is 342 g/mol. The van der Waals surface area contributed by atoms with Gasteiger partial charge >= 0.3 is 0 Å². The van der Waals surface area contributed by atoms with Crippen molar-refractivity contribution in [1.29, 1.82) is 5.26 Å². The van der Waals surface area contributed by atoms with E-state index in [1.54, 1.807) is 36.5 Å². The molecule has 1 heterocycles. The number of carbonyl (C=O) groups is 1. The molecule has 0 radical (unpaired) electrons. The summed E-state index contributed by atoms with van der Waals surface area (Å²) in [4.78, 5) is 16.5. The number of aromatic nitrogens is 1. The van der Waals surface area contributed by atoms with Crippen molar-refractivity contribution in [3.05, 3.63) is 89.2 Å². The van der Waals surface area contributed by atoms with E-state index in [0.29, 0.717) is 23.5 Å². The van der Waals surface area contributed by atoms with Gasteiger partial charge in [0.25, 0.3) is 5.91 Å². The van der Waals surface area contributed by atoms with E-state index < -0.39 is 0 Å². The van der Waals surface area contributed by atoms with E-state index in [1.807, 2.05) is 12.1 Å². The molecule has 0 saturated carbocycles. The fourth-order valence-electron chi connectivity index (χ4n) is 2.44. The smallest absolute Gasteiger partial charge is 0.274 e. The van der Waals surface area contributed by atoms with E-state index in [2.05, 4.69) is 46.8 Å². The van der Waals surface area contributed by atoms with Crippen molar-refractivity contribution in [3.63, 3.8) is 0 Å². The Bertz CT molecular complexity index is 958. The van der Waals surface area contributed by atoms with Crippen LogP contribution in [0.15, 0.2) is 66.9 Å². The minimum Gasteiger partial charge on any atom is -0.381 e. The van der Waals surface area contributed by atoms with Crippen LogP contribution in [0, 0.1) is 18.3 Å². The summed E-state index contributed by atoms with van der Waals surface area (Å²) >= 11 is 0. The summed E-state index contributed by atoms with van der Waals surface area (Å²) in [6.45, 7) is 2.72. The summed E-state index contributed by atoms with van der Waals surface area (Å²) in [5.74, 6) is -0.320. The molecule has 2 N–H and O–H groups in total. The number of carbonyl (C=O) groups excluding carboxylic acids is 1. The van der Waals surface area contributed by atoms with Gasteiger partial charge in [-0.1, -0.05) is 35.9 Å². The van der Waals surface area contributed by atoms with E-state index in [9.17, 15) is 4.79 Å². The molecule has 128 valence electrons. The van der Waals surface area contributed by atoms with Crippen LogP contribution in [0.1, 0.15) is 27.2 Å². The van der Waals surface area contributed by atoms with Crippen molar-refractivity contribution in [2.45, 2.75) is 13.5 Å². The lowest BCUT2D eigenvalue weighted by molar-refractivity contribution is 0.102. The highest BCUT2D eigenvalue weighted by molar-refractivity contribution is 6.03. The van der Waals surface area contributed by atoms with Gasteiger partial charge in [-0.3, -0.25) is 9.78 Å². The number of amides is 1. The summed E-state index contributed by atoms with van der Waals surface area (Å²) in [7, 11) is 0. The first-order valence-corrected chi connectivity index (χ1v) is 8.21. The zero-order chi connectivity index (χ0) is 18.4. The van der Waals surface area contributed by atoms with Crippen LogP contribution in [-0.4, -0.2) is 10.9 Å². The van der Waals surface area contributed by atoms with Crippen LogP contribution in [0.5, 0.6) is 0 Å². The number of nitriles is 1. The molecule has 0 bridgehead atoms. The van der Waals surface area contributed by atoms with Gasteiger partial charge in [0.2, 0.25) is 0 Å². The number of pyridine rings is 1. The molecule has 0 saturated heterocycles. The van der Waals surface area contributed by atoms with Crippen LogP contribution in [0.2, 0.25) is 0 Å². The zero-order valence-corrected chi connectivity index (χ0v) is 14.4. The van der Waals surface area contributed by atoms with Gasteiger partial charge < -0.3 is 10.6 Å². The minimum atomic E-state index is -0.320. The van der Waals surface area contributed by atoms with Crippen molar-refractivity contribution >= 4 is 17.3 Å². The van der Waals surface area contributed by atoms with Crippen LogP contribution < -0.4 is 10.6 Å². The second-order valence-electron chi connectivity index (χ2n) is 5.92. The summed E-state index contributed by atoms with van der Waals surface area (Å²) in [5.41, 5.74) is 4.56. The summed E-state index contributed by atoms with van der Waals surface area (Å²) in [5, 5.41) is 15.0. The second kappa shape index (κ2) is 7.95. The molecule has 3 aromatic rings. The maximum atomic E-state index is 12.4. The highest BCUT2D eigenvalue weighted by Gasteiger charge is 2.09. The van der Waals surface area contributed by atoms with E-state index in [-0.39, 0.29) is 5.91 Å². The quantitative estimate of drug-likeness (QED) is 0.731. The Morgan fingerprint density at radius 1 is 1.08 bits per heavy atom. The number of aryl methyl sites for hydroxylation is 1. The Morgan fingerprint density at radius 3 is 2.65 bits per heavy atom. The lowest BCUT2D eigenvalue weighted by Crippen LogP contribution is -2.14. The van der Waals surface area contributed by atoms with Crippen LogP contribution in [0.4, 0.5) is 11.4 Å². The first-order valence-electron chi connectivity index (χ1n) is 8.21. The standard InChI is InChI=1S/C21H18N4O/c1-15-5-7-16(8-6-15)14-24-18-9-10-23-20(12-18)21(26)25-19-4-2-3-17(11-19)13-22/h2-12H,14H2,1H3,(H,23,24)(H,25,26). The SMILES string of the molecule is Cc1ccc(CNc2ccnc(C(=O)Nc3cccc(C#N)c3)c2)cc1. The fourth-order valence-corrected chi connectivity index (χ4v) is 2.44. The molecular formula is C21H18N4O. The maximum Gasteiger partial charge on any atom is 0.274 e. The number of anilines is 2. The Morgan fingerprint density at radius 2 is 1.88 bits per heavy atom. The number of nitrogens with zero attached hydrogens (tertiary/aromatic N) is 2. The van der Waals surface area contributed by atoms with Crippen molar-refractivity contribution in [1.82, 2.24) is 4.98 Å². The molecule has 1 aromatic heterocycles. The van der Waals surface area contributed by atoms with E-state index in [0.717, 1.165) is 11.3 Å². The molecule has 0 atom stereocenters. The van der Waals surface area contributed by atoms with Gasteiger partial charge in [0, 0.05) is 24.1 Å². The highest BCUT2D eigenvalue weighted by atomic mass is 16.1. The number of benzene rings is 2. The lowest BCUT2D eigenvalue weighted by Gasteiger charge is -2.09. The summed E-state index contributed by atoms with van der Waals surface area (Å²) in [6, 6.07) is 20.6. The largest absolute Gasteiger partial charge is 0.381 e. The van der Waals surface area contributed by atoms with Gasteiger partial charge in [-0.05, 0) is 42.8 Å². The third kappa shape index (κ3) is 4.46. The molecule has 0 spiro atoms. The Kier molecular flexibility index (Phi) is 5.25. The Labute approximate surface area is 152 Å². The van der Waals surface area contributed by atoms with E-state index in [1.165, 1.54) is 5.56 Å². The van der Waals surface area contributed by atoms with Crippen molar-refractivity contribution in [2.24, 2.45) is 0 Å². The molecule has 2 aromatic carbocycles. The van der Waals surface area contributed by atoms with E-state index in [4.69, 9.17) is 5.26 Å². The number of nitrogens with one attached hydrogen (secondary N) is 2. The van der Waals surface area contributed by atoms with Crippen molar-refractivity contribution < 1.29 is 4.79 Å². The predicted octanol–water partition coefficient (Wildman–Crippen LogP) is 4.13. The van der Waals surface area contributed by atoms with Gasteiger partial charge in [-0.15, -0.1) is 0 Å². The molecule has 0 aliphatic heterocycles. The Hall–Kier alpha value is -3.65. The summed E-state index contributed by atoms with van der Waals surface area (Å²) in [6.07, 6.45) is 1.60. The van der Waals surface area contributed by atoms with Gasteiger partial charge in [-0.25, -0.2) is 0 Å². The molecule has 0 aliphatic rings. The van der Waals surface area contributed by atoms with Crippen LogP contribution in [-0.2, 0) is 6.54 Å². The monoisotopic (exact) mass is 342 g/mol. The molecule has 5 heteroatoms. The van der Waals surface area contributed by atoms with Crippen molar-refractivity contribution in [3.8, 4) is 6.07 Å². The van der Waals surface area contributed by atoms with E-state index >= 15 is 0 Å². The topological polar surface area (TPSA) is 77.8 Å². The molecule has 0 aliphatic carbocycles. The number of rotatable bonds is 5. The first-order chi connectivity index (χ1) is 12.6. The molecule has 3 rings (SSSR count). The minimum absolute atomic E-state index is 0.307. The molecule has 5 nitrogen and oxygen atoms in total. The third-order valence-electron chi connectivity index (χ3n) is 3.86. The van der Waals surface area contributed by atoms with Crippen molar-refractivity contribution in [2.75, 3.05) is 10.6 Å². The first kappa shape index (κ1) is 17.2. The van der Waals surface area contributed by atoms with Gasteiger partial charge in [-0.2, -0.15) is 5.26 Å². The normalized spacial score (nSPS) is 10.0. The van der Waals surface area contributed by atoms with Gasteiger partial charge in [0.15, 0.2) is 0 Å². The second-order valence-corrected chi connectivity index (χ2v) is 5.92. The average Bonchev–Trinajstić information content (AvgIpc) is 2.68. The molecular weight excluding hydrogens is 324 g/mol. The predicted molar refractivity (Wildman–Crippen MR) is 102 cm³/mol. The fraction of sp³-hybridized carbons (Fsp3) is 0.0952. The van der Waals surface area contributed by atoms with Crippen LogP contribution >= 0.6 is 0 Å². The number of hydrogen-bond acceptors (Lipinski definition) is 4.